The number of likely N-dealkylation sites (N-methyl/N-ethyl adjacent to an activating group) is 1. The number of benzene rings is 1. The topological polar surface area (TPSA) is 58.1 Å². The third-order valence-corrected chi connectivity index (χ3v) is 4.25. The van der Waals surface area contributed by atoms with Gasteiger partial charge in [0, 0.05) is 50.0 Å². The zero-order valence-corrected chi connectivity index (χ0v) is 15.1. The van der Waals surface area contributed by atoms with Gasteiger partial charge in [-0.3, -0.25) is 14.8 Å². The first-order valence-corrected chi connectivity index (χ1v) is 8.71. The predicted octanol–water partition coefficient (Wildman–Crippen LogP) is 3.54. The minimum Gasteiger partial charge on any atom is -0.381 e. The lowest BCUT2D eigenvalue weighted by Crippen LogP contribution is -2.29. The molecule has 0 fully saturated rings. The monoisotopic (exact) mass is 364 g/mol. The molecule has 2 heterocycles. The Kier molecular flexibility index (Phi) is 6.10. The second-order valence-electron chi connectivity index (χ2n) is 6.21. The van der Waals surface area contributed by atoms with Gasteiger partial charge in [-0.05, 0) is 42.3 Å². The van der Waals surface area contributed by atoms with Crippen LogP contribution in [0.2, 0.25) is 0 Å². The molecule has 0 bridgehead atoms. The highest BCUT2D eigenvalue weighted by molar-refractivity contribution is 5.93. The van der Waals surface area contributed by atoms with Crippen molar-refractivity contribution < 1.29 is 9.18 Å². The van der Waals surface area contributed by atoms with Gasteiger partial charge < -0.3 is 10.2 Å². The maximum absolute atomic E-state index is 13.7. The van der Waals surface area contributed by atoms with Gasteiger partial charge in [0.15, 0.2) is 0 Å². The van der Waals surface area contributed by atoms with E-state index in [2.05, 4.69) is 15.3 Å². The van der Waals surface area contributed by atoms with Crippen molar-refractivity contribution in [1.29, 1.82) is 0 Å². The van der Waals surface area contributed by atoms with E-state index in [1.54, 1.807) is 60.9 Å². The van der Waals surface area contributed by atoms with Crippen molar-refractivity contribution in [2.45, 2.75) is 13.0 Å². The number of anilines is 1. The molecule has 5 nitrogen and oxygen atoms in total. The van der Waals surface area contributed by atoms with E-state index in [9.17, 15) is 9.18 Å². The number of hydrogen-bond acceptors (Lipinski definition) is 4. The Morgan fingerprint density at radius 3 is 2.67 bits per heavy atom. The Balaban J connectivity index is 1.60. The molecular weight excluding hydrogens is 343 g/mol. The zero-order valence-electron chi connectivity index (χ0n) is 15.1. The molecule has 6 heteroatoms. The zero-order chi connectivity index (χ0) is 19.1. The molecule has 1 amide bonds. The summed E-state index contributed by atoms with van der Waals surface area (Å²) in [6, 6.07) is 13.9. The predicted molar refractivity (Wildman–Crippen MR) is 103 cm³/mol. The lowest BCUT2D eigenvalue weighted by Gasteiger charge is -2.17. The van der Waals surface area contributed by atoms with Gasteiger partial charge in [-0.15, -0.1) is 0 Å². The standard InChI is InChI=1S/C21H21FN4O/c1-26(13-9-16-6-10-23-11-7-16)21(27)20-14-18(8-12-24-20)25-15-17-4-2-3-5-19(17)22/h2-8,10-12,14H,9,13,15H2,1H3,(H,24,25). The highest BCUT2D eigenvalue weighted by Crippen LogP contribution is 2.13. The van der Waals surface area contributed by atoms with Gasteiger partial charge in [0.1, 0.15) is 11.5 Å². The van der Waals surface area contributed by atoms with Crippen LogP contribution in [0.4, 0.5) is 10.1 Å². The average Bonchev–Trinajstić information content (AvgIpc) is 2.72. The highest BCUT2D eigenvalue weighted by Gasteiger charge is 2.13. The summed E-state index contributed by atoms with van der Waals surface area (Å²) in [7, 11) is 1.75. The number of amides is 1. The van der Waals surface area contributed by atoms with Gasteiger partial charge in [-0.25, -0.2) is 4.39 Å². The molecule has 0 radical (unpaired) electrons. The summed E-state index contributed by atoms with van der Waals surface area (Å²) in [6.45, 7) is 0.916. The summed E-state index contributed by atoms with van der Waals surface area (Å²) in [6.07, 6.45) is 5.80. The molecule has 27 heavy (non-hydrogen) atoms. The van der Waals surface area contributed by atoms with Gasteiger partial charge in [0.05, 0.1) is 0 Å². The van der Waals surface area contributed by atoms with Crippen LogP contribution in [-0.4, -0.2) is 34.4 Å². The van der Waals surface area contributed by atoms with E-state index in [4.69, 9.17) is 0 Å². The first kappa shape index (κ1) is 18.5. The SMILES string of the molecule is CN(CCc1ccncc1)C(=O)c1cc(NCc2ccccc2F)ccn1. The summed E-state index contributed by atoms with van der Waals surface area (Å²) in [5.74, 6) is -0.412. The van der Waals surface area contributed by atoms with Crippen LogP contribution in [0.5, 0.6) is 0 Å². The molecule has 0 atom stereocenters. The number of aromatic nitrogens is 2. The molecule has 1 N–H and O–H groups in total. The van der Waals surface area contributed by atoms with Crippen LogP contribution in [0.1, 0.15) is 21.6 Å². The fourth-order valence-electron chi connectivity index (χ4n) is 2.64. The molecule has 138 valence electrons. The molecule has 0 unspecified atom stereocenters. The van der Waals surface area contributed by atoms with Crippen molar-refractivity contribution in [2.75, 3.05) is 18.9 Å². The summed E-state index contributed by atoms with van der Waals surface area (Å²) in [5.41, 5.74) is 2.76. The van der Waals surface area contributed by atoms with Gasteiger partial charge >= 0.3 is 0 Å². The van der Waals surface area contributed by atoms with E-state index in [0.717, 1.165) is 17.7 Å². The number of carbonyl (C=O) groups excluding carboxylic acids is 1. The molecule has 3 rings (SSSR count). The fourth-order valence-corrected chi connectivity index (χ4v) is 2.64. The van der Waals surface area contributed by atoms with Crippen molar-refractivity contribution in [3.63, 3.8) is 0 Å². The third-order valence-electron chi connectivity index (χ3n) is 4.25. The molecule has 0 aliphatic rings. The Morgan fingerprint density at radius 1 is 1.11 bits per heavy atom. The second-order valence-corrected chi connectivity index (χ2v) is 6.21. The van der Waals surface area contributed by atoms with Crippen molar-refractivity contribution in [3.8, 4) is 0 Å². The lowest BCUT2D eigenvalue weighted by atomic mass is 10.2. The van der Waals surface area contributed by atoms with E-state index in [1.165, 1.54) is 6.07 Å². The summed E-state index contributed by atoms with van der Waals surface area (Å²) >= 11 is 0. The number of halogens is 1. The van der Waals surface area contributed by atoms with Crippen LogP contribution in [-0.2, 0) is 13.0 Å². The van der Waals surface area contributed by atoms with Crippen molar-refractivity contribution >= 4 is 11.6 Å². The maximum Gasteiger partial charge on any atom is 0.272 e. The Labute approximate surface area is 157 Å². The number of rotatable bonds is 7. The highest BCUT2D eigenvalue weighted by atomic mass is 19.1. The first-order valence-electron chi connectivity index (χ1n) is 8.71. The molecule has 2 aromatic heterocycles. The third kappa shape index (κ3) is 5.10. The smallest absolute Gasteiger partial charge is 0.272 e. The van der Waals surface area contributed by atoms with E-state index in [-0.39, 0.29) is 11.7 Å². The van der Waals surface area contributed by atoms with Crippen LogP contribution < -0.4 is 5.32 Å². The Morgan fingerprint density at radius 2 is 1.89 bits per heavy atom. The molecular formula is C21H21FN4O. The summed E-state index contributed by atoms with van der Waals surface area (Å²) in [5, 5.41) is 3.14. The molecule has 0 saturated heterocycles. The van der Waals surface area contributed by atoms with Crippen LogP contribution in [0.3, 0.4) is 0 Å². The van der Waals surface area contributed by atoms with Crippen LogP contribution >= 0.6 is 0 Å². The molecule has 0 saturated carbocycles. The van der Waals surface area contributed by atoms with Gasteiger partial charge in [0.2, 0.25) is 0 Å². The second kappa shape index (κ2) is 8.89. The maximum atomic E-state index is 13.7. The fraction of sp³-hybridized carbons (Fsp3) is 0.190. The Bertz CT molecular complexity index is 901. The number of carbonyl (C=O) groups is 1. The molecule has 0 spiro atoms. The quantitative estimate of drug-likeness (QED) is 0.697. The van der Waals surface area contributed by atoms with Crippen molar-refractivity contribution in [1.82, 2.24) is 14.9 Å². The number of pyridine rings is 2. The van der Waals surface area contributed by atoms with Crippen LogP contribution in [0, 0.1) is 5.82 Å². The molecule has 1 aromatic carbocycles. The largest absolute Gasteiger partial charge is 0.381 e. The summed E-state index contributed by atoms with van der Waals surface area (Å²) < 4.78 is 13.7. The molecule has 0 aliphatic heterocycles. The number of nitrogens with zero attached hydrogens (tertiary/aromatic N) is 3. The number of nitrogens with one attached hydrogen (secondary N) is 1. The van der Waals surface area contributed by atoms with Crippen molar-refractivity contribution in [2.24, 2.45) is 0 Å². The number of hydrogen-bond donors (Lipinski definition) is 1. The van der Waals surface area contributed by atoms with Gasteiger partial charge in [0.25, 0.3) is 5.91 Å². The molecule has 3 aromatic rings. The lowest BCUT2D eigenvalue weighted by molar-refractivity contribution is 0.0791. The van der Waals surface area contributed by atoms with E-state index >= 15 is 0 Å². The van der Waals surface area contributed by atoms with E-state index in [1.807, 2.05) is 12.1 Å². The van der Waals surface area contributed by atoms with Crippen LogP contribution in [0.25, 0.3) is 0 Å². The minimum atomic E-state index is -0.258. The molecule has 0 aliphatic carbocycles. The first-order chi connectivity index (χ1) is 13.1. The van der Waals surface area contributed by atoms with Gasteiger partial charge in [-0.1, -0.05) is 18.2 Å². The van der Waals surface area contributed by atoms with E-state index in [0.29, 0.717) is 24.3 Å². The normalized spacial score (nSPS) is 10.4. The average molecular weight is 364 g/mol. The van der Waals surface area contributed by atoms with Gasteiger partial charge in [-0.2, -0.15) is 0 Å². The summed E-state index contributed by atoms with van der Waals surface area (Å²) in [4.78, 5) is 22.4. The van der Waals surface area contributed by atoms with E-state index < -0.39 is 0 Å². The Hall–Kier alpha value is -3.28. The minimum absolute atomic E-state index is 0.154. The van der Waals surface area contributed by atoms with Crippen LogP contribution in [0.15, 0.2) is 67.1 Å². The van der Waals surface area contributed by atoms with Crippen molar-refractivity contribution in [3.05, 3.63) is 89.8 Å².